The number of halogens is 2. The minimum absolute atomic E-state index is 0.0100. The molecule has 0 spiro atoms. The number of amides is 1. The van der Waals surface area contributed by atoms with E-state index in [0.29, 0.717) is 37.1 Å². The predicted octanol–water partition coefficient (Wildman–Crippen LogP) is 6.63. The number of aromatic hydroxyl groups is 1. The molecule has 0 saturated carbocycles. The monoisotopic (exact) mass is 589 g/mol. The summed E-state index contributed by atoms with van der Waals surface area (Å²) in [4.78, 5) is 24.3. The lowest BCUT2D eigenvalue weighted by molar-refractivity contribution is -0.141. The molecule has 1 atom stereocenters. The zero-order valence-corrected chi connectivity index (χ0v) is 22.1. The van der Waals surface area contributed by atoms with E-state index in [2.05, 4.69) is 37.2 Å². The van der Waals surface area contributed by atoms with Gasteiger partial charge in [0.1, 0.15) is 11.5 Å². The first kappa shape index (κ1) is 25.8. The molecule has 0 aromatic heterocycles. The zero-order chi connectivity index (χ0) is 25.0. The molecular formula is C26H25Br2NO5. The Balaban J connectivity index is 1.78. The van der Waals surface area contributed by atoms with Crippen molar-refractivity contribution in [2.24, 2.45) is 0 Å². The lowest BCUT2D eigenvalue weighted by Crippen LogP contribution is -2.34. The van der Waals surface area contributed by atoms with Crippen LogP contribution in [0, 0.1) is 6.92 Å². The third kappa shape index (κ3) is 6.18. The molecule has 0 aliphatic rings. The number of hydrogen-bond donors (Lipinski definition) is 3. The Kier molecular flexibility index (Phi) is 8.38. The Morgan fingerprint density at radius 2 is 1.65 bits per heavy atom. The first-order chi connectivity index (χ1) is 16.1. The number of carboxylic acids is 1. The highest BCUT2D eigenvalue weighted by molar-refractivity contribution is 9.11. The summed E-state index contributed by atoms with van der Waals surface area (Å²) in [5.74, 6) is -0.0534. The van der Waals surface area contributed by atoms with Crippen LogP contribution in [0.2, 0.25) is 0 Å². The highest BCUT2D eigenvalue weighted by Crippen LogP contribution is 2.40. The SMILES string of the molecule is Cc1cc(Oc2c(Br)cc(CC(=O)NC(C(=O)O)c3ccccc3)cc2Br)cc(C(C)C)c1O. The number of phenolic OH excluding ortho intramolecular Hbond substituents is 1. The summed E-state index contributed by atoms with van der Waals surface area (Å²) in [5.41, 5.74) is 2.68. The van der Waals surface area contributed by atoms with E-state index in [1.165, 1.54) is 0 Å². The molecular weight excluding hydrogens is 566 g/mol. The summed E-state index contributed by atoms with van der Waals surface area (Å²) in [6.45, 7) is 5.81. The first-order valence-corrected chi connectivity index (χ1v) is 12.2. The number of aliphatic carboxylic acids is 1. The van der Waals surface area contributed by atoms with Crippen molar-refractivity contribution in [1.29, 1.82) is 0 Å². The number of benzene rings is 3. The Hall–Kier alpha value is -2.84. The van der Waals surface area contributed by atoms with Gasteiger partial charge < -0.3 is 20.3 Å². The van der Waals surface area contributed by atoms with E-state index in [1.807, 2.05) is 26.8 Å². The zero-order valence-electron chi connectivity index (χ0n) is 18.9. The maximum Gasteiger partial charge on any atom is 0.330 e. The van der Waals surface area contributed by atoms with Crippen LogP contribution in [0.4, 0.5) is 0 Å². The Bertz CT molecular complexity index is 1190. The van der Waals surface area contributed by atoms with Gasteiger partial charge in [-0.25, -0.2) is 4.79 Å². The van der Waals surface area contributed by atoms with Gasteiger partial charge >= 0.3 is 5.97 Å². The third-order valence-electron chi connectivity index (χ3n) is 5.25. The van der Waals surface area contributed by atoms with Gasteiger partial charge in [-0.15, -0.1) is 0 Å². The van der Waals surface area contributed by atoms with Crippen LogP contribution in [-0.4, -0.2) is 22.1 Å². The number of rotatable bonds is 8. The van der Waals surface area contributed by atoms with Gasteiger partial charge in [-0.05, 0) is 85.7 Å². The molecule has 6 nitrogen and oxygen atoms in total. The van der Waals surface area contributed by atoms with Gasteiger partial charge in [0.05, 0.1) is 15.4 Å². The number of phenols is 1. The van der Waals surface area contributed by atoms with E-state index in [4.69, 9.17) is 4.74 Å². The Morgan fingerprint density at radius 3 is 2.21 bits per heavy atom. The number of hydrogen-bond acceptors (Lipinski definition) is 4. The van der Waals surface area contributed by atoms with Crippen LogP contribution >= 0.6 is 31.9 Å². The van der Waals surface area contributed by atoms with Crippen molar-refractivity contribution in [2.75, 3.05) is 0 Å². The Morgan fingerprint density at radius 1 is 1.03 bits per heavy atom. The lowest BCUT2D eigenvalue weighted by atomic mass is 9.99. The average Bonchev–Trinajstić information content (AvgIpc) is 2.77. The van der Waals surface area contributed by atoms with Crippen LogP contribution in [0.1, 0.15) is 48.1 Å². The summed E-state index contributed by atoms with van der Waals surface area (Å²) in [6, 6.07) is 14.5. The van der Waals surface area contributed by atoms with Crippen molar-refractivity contribution in [3.05, 3.63) is 85.8 Å². The summed E-state index contributed by atoms with van der Waals surface area (Å²) in [5, 5.41) is 22.4. The first-order valence-electron chi connectivity index (χ1n) is 10.6. The highest BCUT2D eigenvalue weighted by Gasteiger charge is 2.22. The van der Waals surface area contributed by atoms with Crippen LogP contribution in [0.15, 0.2) is 63.5 Å². The quantitative estimate of drug-likeness (QED) is 0.274. The molecule has 34 heavy (non-hydrogen) atoms. The van der Waals surface area contributed by atoms with Gasteiger partial charge in [0, 0.05) is 5.56 Å². The topological polar surface area (TPSA) is 95.9 Å². The van der Waals surface area contributed by atoms with Crippen molar-refractivity contribution < 1.29 is 24.5 Å². The minimum atomic E-state index is -1.13. The molecule has 8 heteroatoms. The molecule has 0 aliphatic carbocycles. The molecule has 0 radical (unpaired) electrons. The van der Waals surface area contributed by atoms with Crippen LogP contribution < -0.4 is 10.1 Å². The Labute approximate surface area is 215 Å². The van der Waals surface area contributed by atoms with Crippen molar-refractivity contribution in [3.63, 3.8) is 0 Å². The molecule has 3 N–H and O–H groups in total. The second-order valence-electron chi connectivity index (χ2n) is 8.25. The number of ether oxygens (including phenoxy) is 1. The standard InChI is InChI=1S/C26H25Br2NO5/c1-14(2)19-13-18(9-15(3)24(19)31)34-25-20(27)10-16(11-21(25)28)12-22(30)29-23(26(32)33)17-7-5-4-6-8-17/h4-11,13-14,23,31H,12H2,1-3H3,(H,29,30)(H,32,33). The number of aryl methyl sites for hydroxylation is 1. The molecule has 3 rings (SSSR count). The fourth-order valence-electron chi connectivity index (χ4n) is 3.53. The van der Waals surface area contributed by atoms with E-state index in [0.717, 1.165) is 5.56 Å². The van der Waals surface area contributed by atoms with E-state index < -0.39 is 17.9 Å². The predicted molar refractivity (Wildman–Crippen MR) is 138 cm³/mol. The van der Waals surface area contributed by atoms with E-state index in [-0.39, 0.29) is 18.1 Å². The summed E-state index contributed by atoms with van der Waals surface area (Å²) < 4.78 is 7.35. The van der Waals surface area contributed by atoms with E-state index in [1.54, 1.807) is 48.5 Å². The van der Waals surface area contributed by atoms with Gasteiger partial charge in [0.25, 0.3) is 0 Å². The summed E-state index contributed by atoms with van der Waals surface area (Å²) >= 11 is 7.01. The second kappa shape index (κ2) is 11.1. The summed E-state index contributed by atoms with van der Waals surface area (Å²) in [7, 11) is 0. The number of nitrogens with one attached hydrogen (secondary N) is 1. The molecule has 0 bridgehead atoms. The van der Waals surface area contributed by atoms with Gasteiger partial charge in [-0.2, -0.15) is 0 Å². The summed E-state index contributed by atoms with van der Waals surface area (Å²) in [6.07, 6.45) is -0.0100. The van der Waals surface area contributed by atoms with Gasteiger partial charge in [0.15, 0.2) is 11.8 Å². The van der Waals surface area contributed by atoms with Crippen LogP contribution in [0.3, 0.4) is 0 Å². The van der Waals surface area contributed by atoms with Gasteiger partial charge in [-0.3, -0.25) is 4.79 Å². The van der Waals surface area contributed by atoms with Crippen LogP contribution in [-0.2, 0) is 16.0 Å². The molecule has 1 amide bonds. The number of carboxylic acid groups (broad SMARTS) is 1. The van der Waals surface area contributed by atoms with Gasteiger partial charge in [0.2, 0.25) is 5.91 Å². The molecule has 0 saturated heterocycles. The molecule has 178 valence electrons. The third-order valence-corrected chi connectivity index (χ3v) is 6.43. The van der Waals surface area contributed by atoms with E-state index in [9.17, 15) is 19.8 Å². The molecule has 1 unspecified atom stereocenters. The molecule has 0 aliphatic heterocycles. The fourth-order valence-corrected chi connectivity index (χ4v) is 4.98. The molecule has 0 heterocycles. The lowest BCUT2D eigenvalue weighted by Gasteiger charge is -2.17. The smallest absolute Gasteiger partial charge is 0.330 e. The average molecular weight is 591 g/mol. The maximum absolute atomic E-state index is 12.6. The van der Waals surface area contributed by atoms with Crippen LogP contribution in [0.25, 0.3) is 0 Å². The number of carbonyl (C=O) groups excluding carboxylic acids is 1. The van der Waals surface area contributed by atoms with Crippen LogP contribution in [0.5, 0.6) is 17.2 Å². The molecule has 0 fully saturated rings. The van der Waals surface area contributed by atoms with Crippen molar-refractivity contribution in [3.8, 4) is 17.2 Å². The van der Waals surface area contributed by atoms with Crippen molar-refractivity contribution in [1.82, 2.24) is 5.32 Å². The second-order valence-corrected chi connectivity index (χ2v) is 9.96. The largest absolute Gasteiger partial charge is 0.507 e. The normalized spacial score (nSPS) is 11.8. The number of carbonyl (C=O) groups is 2. The van der Waals surface area contributed by atoms with E-state index >= 15 is 0 Å². The van der Waals surface area contributed by atoms with Gasteiger partial charge in [-0.1, -0.05) is 44.2 Å². The molecule has 3 aromatic rings. The van der Waals surface area contributed by atoms with Crippen molar-refractivity contribution in [2.45, 2.75) is 39.2 Å². The molecule has 3 aromatic carbocycles. The highest BCUT2D eigenvalue weighted by atomic mass is 79.9. The maximum atomic E-state index is 12.6. The minimum Gasteiger partial charge on any atom is -0.507 e. The van der Waals surface area contributed by atoms with Crippen molar-refractivity contribution >= 4 is 43.7 Å². The fraction of sp³-hybridized carbons (Fsp3) is 0.231.